The molecular formula is C18H24N2OS2. The van der Waals surface area contributed by atoms with Gasteiger partial charge in [-0.15, -0.1) is 11.8 Å². The van der Waals surface area contributed by atoms with E-state index < -0.39 is 0 Å². The molecule has 3 nitrogen and oxygen atoms in total. The van der Waals surface area contributed by atoms with Gasteiger partial charge in [-0.1, -0.05) is 24.4 Å². The maximum atomic E-state index is 5.45. The van der Waals surface area contributed by atoms with Crippen LogP contribution < -0.4 is 10.1 Å². The predicted octanol–water partition coefficient (Wildman–Crippen LogP) is 4.22. The first-order valence-electron chi connectivity index (χ1n) is 7.85. The molecule has 0 fully saturated rings. The lowest BCUT2D eigenvalue weighted by molar-refractivity contribution is 0.414. The van der Waals surface area contributed by atoms with Gasteiger partial charge in [0, 0.05) is 23.5 Å². The van der Waals surface area contributed by atoms with E-state index in [2.05, 4.69) is 17.2 Å². The standard InChI is InChI=1S/C18H24N2OS2/c1-13(20-16-9-6-8-15(16)18(22)23-3)11-19-12-14-7-4-5-10-17(14)21-2/h4-5,7,10,12-13,20H,6,8-9,11H2,1-3H3. The van der Waals surface area contributed by atoms with Crippen LogP contribution in [0.4, 0.5) is 0 Å². The van der Waals surface area contributed by atoms with Gasteiger partial charge in [0.1, 0.15) is 5.75 Å². The van der Waals surface area contributed by atoms with Crippen molar-refractivity contribution in [1.82, 2.24) is 5.32 Å². The Morgan fingerprint density at radius 3 is 2.96 bits per heavy atom. The van der Waals surface area contributed by atoms with Crippen LogP contribution in [0.2, 0.25) is 0 Å². The lowest BCUT2D eigenvalue weighted by Crippen LogP contribution is -2.28. The monoisotopic (exact) mass is 348 g/mol. The molecule has 1 aliphatic rings. The Balaban J connectivity index is 1.93. The number of rotatable bonds is 7. The van der Waals surface area contributed by atoms with Gasteiger partial charge >= 0.3 is 0 Å². The summed E-state index contributed by atoms with van der Waals surface area (Å²) in [4.78, 5) is 4.55. The molecule has 1 atom stereocenters. The lowest BCUT2D eigenvalue weighted by Gasteiger charge is -2.16. The number of hydrogen-bond donors (Lipinski definition) is 1. The van der Waals surface area contributed by atoms with E-state index >= 15 is 0 Å². The maximum Gasteiger partial charge on any atom is 0.127 e. The molecule has 0 amide bonds. The molecule has 0 aliphatic heterocycles. The number of allylic oxidation sites excluding steroid dienone is 1. The van der Waals surface area contributed by atoms with Gasteiger partial charge in [0.15, 0.2) is 0 Å². The molecule has 1 aromatic rings. The van der Waals surface area contributed by atoms with Crippen LogP contribution in [0.5, 0.6) is 5.75 Å². The smallest absolute Gasteiger partial charge is 0.127 e. The lowest BCUT2D eigenvalue weighted by atomic mass is 10.2. The summed E-state index contributed by atoms with van der Waals surface area (Å²) < 4.78 is 6.36. The van der Waals surface area contributed by atoms with Crippen LogP contribution in [0.15, 0.2) is 40.5 Å². The van der Waals surface area contributed by atoms with E-state index in [0.717, 1.165) is 34.9 Å². The SMILES string of the molecule is COc1ccccc1C=NCC(C)NC1=C(C(=S)SC)CCC1. The second-order valence-electron chi connectivity index (χ2n) is 5.58. The van der Waals surface area contributed by atoms with Crippen molar-refractivity contribution in [2.24, 2.45) is 4.99 Å². The van der Waals surface area contributed by atoms with Crippen molar-refractivity contribution in [1.29, 1.82) is 0 Å². The Labute approximate surface area is 148 Å². The molecule has 1 unspecified atom stereocenters. The quantitative estimate of drug-likeness (QED) is 0.591. The molecule has 1 aromatic carbocycles. The summed E-state index contributed by atoms with van der Waals surface area (Å²) >= 11 is 7.11. The number of thioether (sulfide) groups is 1. The molecule has 0 bridgehead atoms. The van der Waals surface area contributed by atoms with Gasteiger partial charge in [-0.05, 0) is 50.1 Å². The second-order valence-corrected chi connectivity index (χ2v) is 7.07. The molecule has 0 spiro atoms. The molecule has 0 radical (unpaired) electrons. The van der Waals surface area contributed by atoms with Gasteiger partial charge in [0.2, 0.25) is 0 Å². The summed E-state index contributed by atoms with van der Waals surface area (Å²) in [5, 5.41) is 3.59. The largest absolute Gasteiger partial charge is 0.496 e. The second kappa shape index (κ2) is 9.08. The third-order valence-electron chi connectivity index (χ3n) is 3.82. The molecular weight excluding hydrogens is 324 g/mol. The number of para-hydroxylation sites is 1. The van der Waals surface area contributed by atoms with Crippen molar-refractivity contribution >= 4 is 34.4 Å². The first-order chi connectivity index (χ1) is 11.2. The van der Waals surface area contributed by atoms with E-state index in [0.29, 0.717) is 0 Å². The Kier molecular flexibility index (Phi) is 7.12. The predicted molar refractivity (Wildman–Crippen MR) is 105 cm³/mol. The highest BCUT2D eigenvalue weighted by molar-refractivity contribution is 8.23. The number of benzene rings is 1. The minimum Gasteiger partial charge on any atom is -0.496 e. The zero-order valence-electron chi connectivity index (χ0n) is 14.0. The number of thiocarbonyl (C=S) groups is 1. The summed E-state index contributed by atoms with van der Waals surface area (Å²) in [5.74, 6) is 0.850. The summed E-state index contributed by atoms with van der Waals surface area (Å²) in [5.41, 5.74) is 3.64. The molecule has 124 valence electrons. The molecule has 0 aromatic heterocycles. The van der Waals surface area contributed by atoms with E-state index in [1.165, 1.54) is 17.7 Å². The Morgan fingerprint density at radius 2 is 2.22 bits per heavy atom. The zero-order chi connectivity index (χ0) is 16.7. The highest BCUT2D eigenvalue weighted by Crippen LogP contribution is 2.28. The van der Waals surface area contributed by atoms with E-state index in [1.807, 2.05) is 36.7 Å². The first-order valence-corrected chi connectivity index (χ1v) is 9.48. The third kappa shape index (κ3) is 5.08. The van der Waals surface area contributed by atoms with Crippen molar-refractivity contribution in [3.8, 4) is 5.75 Å². The minimum atomic E-state index is 0.286. The molecule has 0 heterocycles. The summed E-state index contributed by atoms with van der Waals surface area (Å²) in [7, 11) is 1.68. The third-order valence-corrected chi connectivity index (χ3v) is 5.18. The Bertz CT molecular complexity index is 611. The van der Waals surface area contributed by atoms with Gasteiger partial charge in [-0.3, -0.25) is 4.99 Å². The van der Waals surface area contributed by atoms with Gasteiger partial charge in [0.25, 0.3) is 0 Å². The van der Waals surface area contributed by atoms with Gasteiger partial charge in [-0.25, -0.2) is 0 Å². The molecule has 0 saturated heterocycles. The number of methoxy groups -OCH3 is 1. The van der Waals surface area contributed by atoms with Crippen LogP contribution in [-0.4, -0.2) is 36.4 Å². The number of nitrogens with zero attached hydrogens (tertiary/aromatic N) is 1. The van der Waals surface area contributed by atoms with Crippen molar-refractivity contribution < 1.29 is 4.74 Å². The fourth-order valence-corrected chi connectivity index (χ4v) is 3.37. The summed E-state index contributed by atoms with van der Waals surface area (Å²) in [6.07, 6.45) is 7.31. The average molecular weight is 349 g/mol. The van der Waals surface area contributed by atoms with Gasteiger partial charge in [-0.2, -0.15) is 0 Å². The van der Waals surface area contributed by atoms with Crippen molar-refractivity contribution in [2.45, 2.75) is 32.2 Å². The summed E-state index contributed by atoms with van der Waals surface area (Å²) in [6, 6.07) is 8.19. The fourth-order valence-electron chi connectivity index (χ4n) is 2.68. The topological polar surface area (TPSA) is 33.6 Å². The first kappa shape index (κ1) is 18.0. The van der Waals surface area contributed by atoms with Crippen molar-refractivity contribution in [2.75, 3.05) is 19.9 Å². The van der Waals surface area contributed by atoms with Gasteiger partial charge < -0.3 is 10.1 Å². The Hall–Kier alpha value is -1.33. The van der Waals surface area contributed by atoms with Crippen LogP contribution in [0.1, 0.15) is 31.7 Å². The average Bonchev–Trinajstić information content (AvgIpc) is 3.02. The fraction of sp³-hybridized carbons (Fsp3) is 0.444. The number of ether oxygens (including phenoxy) is 1. The molecule has 2 rings (SSSR count). The van der Waals surface area contributed by atoms with Crippen LogP contribution >= 0.6 is 24.0 Å². The van der Waals surface area contributed by atoms with E-state index in [9.17, 15) is 0 Å². The minimum absolute atomic E-state index is 0.286. The normalized spacial score (nSPS) is 16.0. The number of aliphatic imine (C=N–C) groups is 1. The van der Waals surface area contributed by atoms with Crippen LogP contribution in [0, 0.1) is 0 Å². The Morgan fingerprint density at radius 1 is 1.43 bits per heavy atom. The van der Waals surface area contributed by atoms with Crippen LogP contribution in [0.25, 0.3) is 0 Å². The molecule has 1 N–H and O–H groups in total. The molecule has 5 heteroatoms. The van der Waals surface area contributed by atoms with E-state index in [-0.39, 0.29) is 6.04 Å². The highest BCUT2D eigenvalue weighted by Gasteiger charge is 2.18. The van der Waals surface area contributed by atoms with Crippen molar-refractivity contribution in [3.05, 3.63) is 41.1 Å². The van der Waals surface area contributed by atoms with Crippen LogP contribution in [0.3, 0.4) is 0 Å². The number of nitrogens with one attached hydrogen (secondary N) is 1. The number of hydrogen-bond acceptors (Lipinski definition) is 5. The zero-order valence-corrected chi connectivity index (χ0v) is 15.6. The van der Waals surface area contributed by atoms with Crippen LogP contribution in [-0.2, 0) is 0 Å². The van der Waals surface area contributed by atoms with Crippen molar-refractivity contribution in [3.63, 3.8) is 0 Å². The van der Waals surface area contributed by atoms with Gasteiger partial charge in [0.05, 0.1) is 17.9 Å². The van der Waals surface area contributed by atoms with E-state index in [1.54, 1.807) is 18.9 Å². The molecule has 23 heavy (non-hydrogen) atoms. The van der Waals surface area contributed by atoms with E-state index in [4.69, 9.17) is 17.0 Å². The molecule has 1 aliphatic carbocycles. The highest BCUT2D eigenvalue weighted by atomic mass is 32.2. The summed E-state index contributed by atoms with van der Waals surface area (Å²) in [6.45, 7) is 2.88. The maximum absolute atomic E-state index is 5.45. The molecule has 0 saturated carbocycles.